The molecule has 1 aliphatic rings. The molecule has 0 spiro atoms. The van der Waals surface area contributed by atoms with E-state index in [0.29, 0.717) is 35.3 Å². The van der Waals surface area contributed by atoms with Gasteiger partial charge >= 0.3 is 12.1 Å². The molecule has 0 saturated carbocycles. The van der Waals surface area contributed by atoms with Gasteiger partial charge < -0.3 is 30.1 Å². The molecule has 1 aromatic heterocycles. The summed E-state index contributed by atoms with van der Waals surface area (Å²) < 4.78 is 10.4. The average molecular weight is 568 g/mol. The Morgan fingerprint density at radius 2 is 2.03 bits per heavy atom. The molecule has 1 aliphatic heterocycles. The number of halogens is 2. The number of carbonyl (C=O) groups excluding carboxylic acids is 1. The predicted octanol–water partition coefficient (Wildman–Crippen LogP) is 4.79. The first-order valence-electron chi connectivity index (χ1n) is 12.9. The largest absolute Gasteiger partial charge is 0.480 e. The number of aromatic nitrogens is 1. The molecule has 208 valence electrons. The smallest absolute Gasteiger partial charge is 0.408 e. The monoisotopic (exact) mass is 566 g/mol. The number of aryl methyl sites for hydroxylation is 2. The minimum atomic E-state index is -1.12. The molecule has 38 heavy (non-hydrogen) atoms. The Labute approximate surface area is 233 Å². The Balaban J connectivity index is 1.44. The molecule has 0 bridgehead atoms. The highest BCUT2D eigenvalue weighted by atomic mass is 35.5. The number of hydrogen-bond donors (Lipinski definition) is 3. The maximum Gasteiger partial charge on any atom is 0.408 e. The van der Waals surface area contributed by atoms with Crippen molar-refractivity contribution in [3.63, 3.8) is 0 Å². The SMILES string of the molecule is COCCN(CCCCc1ccc2c(n1)NCCC2)CC[C@H](NC(=O)OCc1cccc(Cl)c1Cl)C(=O)O. The number of pyridine rings is 1. The number of rotatable bonds is 15. The summed E-state index contributed by atoms with van der Waals surface area (Å²) in [6.45, 7) is 3.33. The fourth-order valence-electron chi connectivity index (χ4n) is 4.26. The predicted molar refractivity (Wildman–Crippen MR) is 148 cm³/mol. The standard InChI is InChI=1S/C27H36Cl2N4O5/c1-37-17-16-33(14-3-2-8-21-11-10-19-7-5-13-30-25(19)31-21)15-12-23(26(34)35)32-27(36)38-18-20-6-4-9-22(28)24(20)29/h4,6,9-11,23H,2-3,5,7-8,12-18H2,1H3,(H,30,31)(H,32,36)(H,34,35)/t23-/m0/s1. The Kier molecular flexibility index (Phi) is 12.4. The number of alkyl carbamates (subject to hydrolysis) is 1. The van der Waals surface area contributed by atoms with Crippen molar-refractivity contribution in [1.82, 2.24) is 15.2 Å². The number of unbranched alkanes of at least 4 members (excludes halogenated alkanes) is 1. The number of carbonyl (C=O) groups is 2. The van der Waals surface area contributed by atoms with Gasteiger partial charge in [0.2, 0.25) is 0 Å². The Morgan fingerprint density at radius 1 is 1.18 bits per heavy atom. The van der Waals surface area contributed by atoms with Gasteiger partial charge in [-0.1, -0.05) is 41.4 Å². The van der Waals surface area contributed by atoms with Gasteiger partial charge in [-0.2, -0.15) is 0 Å². The molecular formula is C27H36Cl2N4O5. The van der Waals surface area contributed by atoms with E-state index in [1.807, 2.05) is 0 Å². The average Bonchev–Trinajstić information content (AvgIpc) is 2.91. The summed E-state index contributed by atoms with van der Waals surface area (Å²) >= 11 is 12.1. The molecule has 11 heteroatoms. The van der Waals surface area contributed by atoms with Gasteiger partial charge in [0.15, 0.2) is 0 Å². The van der Waals surface area contributed by atoms with Gasteiger partial charge in [-0.05, 0) is 62.8 Å². The number of nitrogens with one attached hydrogen (secondary N) is 2. The minimum absolute atomic E-state index is 0.118. The van der Waals surface area contributed by atoms with Crippen LogP contribution in [0.5, 0.6) is 0 Å². The molecular weight excluding hydrogens is 531 g/mol. The number of benzene rings is 1. The first-order valence-corrected chi connectivity index (χ1v) is 13.7. The third kappa shape index (κ3) is 9.62. The maximum absolute atomic E-state index is 12.3. The van der Waals surface area contributed by atoms with Crippen LogP contribution < -0.4 is 10.6 Å². The number of fused-ring (bicyclic) bond motifs is 1. The summed E-state index contributed by atoms with van der Waals surface area (Å²) in [5, 5.41) is 16.1. The van der Waals surface area contributed by atoms with E-state index in [0.717, 1.165) is 56.7 Å². The van der Waals surface area contributed by atoms with Crippen molar-refractivity contribution in [1.29, 1.82) is 0 Å². The van der Waals surface area contributed by atoms with Crippen molar-refractivity contribution in [2.75, 3.05) is 45.2 Å². The van der Waals surface area contributed by atoms with Crippen molar-refractivity contribution in [2.24, 2.45) is 0 Å². The van der Waals surface area contributed by atoms with Crippen LogP contribution in [0.1, 0.15) is 42.5 Å². The van der Waals surface area contributed by atoms with E-state index < -0.39 is 18.1 Å². The van der Waals surface area contributed by atoms with Crippen molar-refractivity contribution in [2.45, 2.75) is 51.2 Å². The second-order valence-electron chi connectivity index (χ2n) is 9.25. The summed E-state index contributed by atoms with van der Waals surface area (Å²) in [5.41, 5.74) is 2.90. The van der Waals surface area contributed by atoms with Crippen LogP contribution in [0.2, 0.25) is 10.0 Å². The summed E-state index contributed by atoms with van der Waals surface area (Å²) in [6, 6.07) is 8.20. The van der Waals surface area contributed by atoms with E-state index in [9.17, 15) is 14.7 Å². The van der Waals surface area contributed by atoms with Gasteiger partial charge in [0.05, 0.1) is 16.7 Å². The van der Waals surface area contributed by atoms with Gasteiger partial charge in [0.25, 0.3) is 0 Å². The summed E-state index contributed by atoms with van der Waals surface area (Å²) in [5.74, 6) is -0.113. The van der Waals surface area contributed by atoms with Crippen LogP contribution >= 0.6 is 23.2 Å². The van der Waals surface area contributed by atoms with Crippen molar-refractivity contribution in [3.8, 4) is 0 Å². The lowest BCUT2D eigenvalue weighted by atomic mass is 10.1. The van der Waals surface area contributed by atoms with Crippen LogP contribution in [0.3, 0.4) is 0 Å². The Morgan fingerprint density at radius 3 is 2.82 bits per heavy atom. The number of methoxy groups -OCH3 is 1. The van der Waals surface area contributed by atoms with Crippen LogP contribution in [0.15, 0.2) is 30.3 Å². The van der Waals surface area contributed by atoms with Crippen LogP contribution in [0.25, 0.3) is 0 Å². The Hall–Kier alpha value is -2.59. The number of anilines is 1. The molecule has 2 heterocycles. The second-order valence-corrected chi connectivity index (χ2v) is 10.0. The molecule has 2 aromatic rings. The van der Waals surface area contributed by atoms with Crippen LogP contribution in [0, 0.1) is 0 Å². The molecule has 3 N–H and O–H groups in total. The third-order valence-electron chi connectivity index (χ3n) is 6.44. The minimum Gasteiger partial charge on any atom is -0.480 e. The molecule has 9 nitrogen and oxygen atoms in total. The molecule has 1 amide bonds. The number of amides is 1. The zero-order valence-electron chi connectivity index (χ0n) is 21.7. The summed E-state index contributed by atoms with van der Waals surface area (Å²) in [6.07, 6.45) is 4.40. The highest BCUT2D eigenvalue weighted by molar-refractivity contribution is 6.42. The number of hydrogen-bond acceptors (Lipinski definition) is 7. The molecule has 1 atom stereocenters. The maximum atomic E-state index is 12.3. The molecule has 0 radical (unpaired) electrons. The number of carboxylic acids is 1. The molecule has 1 aromatic carbocycles. The van der Waals surface area contributed by atoms with E-state index in [-0.39, 0.29) is 13.0 Å². The third-order valence-corrected chi connectivity index (χ3v) is 7.29. The lowest BCUT2D eigenvalue weighted by Crippen LogP contribution is -2.43. The zero-order valence-corrected chi connectivity index (χ0v) is 23.2. The molecule has 0 aliphatic carbocycles. The van der Waals surface area contributed by atoms with Gasteiger partial charge in [-0.3, -0.25) is 0 Å². The van der Waals surface area contributed by atoms with Gasteiger partial charge in [-0.25, -0.2) is 14.6 Å². The van der Waals surface area contributed by atoms with Crippen molar-refractivity contribution < 1.29 is 24.2 Å². The zero-order chi connectivity index (χ0) is 27.3. The van der Waals surface area contributed by atoms with Crippen LogP contribution in [0.4, 0.5) is 10.6 Å². The van der Waals surface area contributed by atoms with E-state index in [4.69, 9.17) is 37.7 Å². The highest BCUT2D eigenvalue weighted by Gasteiger charge is 2.22. The summed E-state index contributed by atoms with van der Waals surface area (Å²) in [4.78, 5) is 31.0. The fraction of sp³-hybridized carbons (Fsp3) is 0.519. The van der Waals surface area contributed by atoms with Crippen LogP contribution in [-0.4, -0.2) is 73.0 Å². The Bertz CT molecular complexity index is 1070. The first kappa shape index (κ1) is 30.0. The number of aliphatic carboxylic acids is 1. The van der Waals surface area contributed by atoms with Crippen LogP contribution in [-0.2, 0) is 33.7 Å². The molecule has 0 unspecified atom stereocenters. The number of nitrogens with zero attached hydrogens (tertiary/aromatic N) is 2. The van der Waals surface area contributed by atoms with Crippen molar-refractivity contribution >= 4 is 41.1 Å². The van der Waals surface area contributed by atoms with E-state index in [1.165, 1.54) is 5.56 Å². The molecule has 3 rings (SSSR count). The van der Waals surface area contributed by atoms with Gasteiger partial charge in [0, 0.05) is 38.0 Å². The van der Waals surface area contributed by atoms with Gasteiger partial charge in [0.1, 0.15) is 18.5 Å². The van der Waals surface area contributed by atoms with E-state index >= 15 is 0 Å². The molecule has 0 fully saturated rings. The van der Waals surface area contributed by atoms with E-state index in [2.05, 4.69) is 27.7 Å². The highest BCUT2D eigenvalue weighted by Crippen LogP contribution is 2.26. The van der Waals surface area contributed by atoms with E-state index in [1.54, 1.807) is 25.3 Å². The quantitative estimate of drug-likeness (QED) is 0.264. The summed E-state index contributed by atoms with van der Waals surface area (Å²) in [7, 11) is 1.64. The van der Waals surface area contributed by atoms with Gasteiger partial charge in [-0.15, -0.1) is 0 Å². The lowest BCUT2D eigenvalue weighted by Gasteiger charge is -2.24. The first-order chi connectivity index (χ1) is 18.4. The molecule has 0 saturated heterocycles. The number of carboxylic acid groups (broad SMARTS) is 1. The number of ether oxygens (including phenoxy) is 2. The normalized spacial score (nSPS) is 13.5. The second kappa shape index (κ2) is 15.7. The lowest BCUT2D eigenvalue weighted by molar-refractivity contribution is -0.139. The van der Waals surface area contributed by atoms with Crippen molar-refractivity contribution in [3.05, 3.63) is 57.2 Å². The fourth-order valence-corrected chi connectivity index (χ4v) is 4.64. The topological polar surface area (TPSA) is 113 Å².